The van der Waals surface area contributed by atoms with Crippen molar-refractivity contribution in [2.75, 3.05) is 13.2 Å². The maximum Gasteiger partial charge on any atom is 0.309 e. The van der Waals surface area contributed by atoms with Crippen molar-refractivity contribution in [3.8, 4) is 0 Å². The molecule has 6 nitrogen and oxygen atoms in total. The van der Waals surface area contributed by atoms with Crippen molar-refractivity contribution in [2.45, 2.75) is 129 Å². The molecule has 0 unspecified atom stereocenters. The van der Waals surface area contributed by atoms with Gasteiger partial charge in [-0.3, -0.25) is 4.79 Å². The van der Waals surface area contributed by atoms with Crippen molar-refractivity contribution < 1.29 is 30.0 Å². The number of hydrogen-bond acceptors (Lipinski definition) is 5. The molecule has 7 rings (SSSR count). The van der Waals surface area contributed by atoms with Crippen LogP contribution in [-0.2, 0) is 9.53 Å². The summed E-state index contributed by atoms with van der Waals surface area (Å²) in [5.74, 6) is -1.47. The fourth-order valence-electron chi connectivity index (χ4n) is 14.2. The zero-order valence-electron chi connectivity index (χ0n) is 26.1. The topological polar surface area (TPSA) is 107 Å². The second kappa shape index (κ2) is 8.20. The van der Waals surface area contributed by atoms with E-state index in [1.54, 1.807) is 0 Å². The molecule has 6 fully saturated rings. The minimum Gasteiger partial charge on any atom is -0.481 e. The molecule has 12 atom stereocenters. The first-order valence-electron chi connectivity index (χ1n) is 16.7. The van der Waals surface area contributed by atoms with E-state index in [0.29, 0.717) is 18.4 Å². The Morgan fingerprint density at radius 3 is 2.29 bits per heavy atom. The van der Waals surface area contributed by atoms with Gasteiger partial charge in [0.2, 0.25) is 0 Å². The van der Waals surface area contributed by atoms with Crippen molar-refractivity contribution in [1.29, 1.82) is 0 Å². The minimum atomic E-state index is -1.36. The van der Waals surface area contributed by atoms with Crippen molar-refractivity contribution >= 4 is 5.97 Å². The third kappa shape index (κ3) is 2.90. The molecule has 1 aliphatic heterocycles. The predicted octanol–water partition coefficient (Wildman–Crippen LogP) is 6.08. The zero-order chi connectivity index (χ0) is 29.5. The molecule has 0 aromatic heterocycles. The zero-order valence-corrected chi connectivity index (χ0v) is 26.1. The second-order valence-corrected chi connectivity index (χ2v) is 17.3. The van der Waals surface area contributed by atoms with E-state index >= 15 is 0 Å². The first-order chi connectivity index (χ1) is 19.1. The lowest BCUT2D eigenvalue weighted by atomic mass is 9.24. The van der Waals surface area contributed by atoms with Gasteiger partial charge < -0.3 is 25.2 Å². The number of hydrogen-bond donors (Lipinski definition) is 4. The van der Waals surface area contributed by atoms with Crippen LogP contribution in [0.15, 0.2) is 12.2 Å². The van der Waals surface area contributed by atoms with Gasteiger partial charge in [-0.15, -0.1) is 0 Å². The molecule has 5 saturated carbocycles. The molecule has 0 aromatic rings. The summed E-state index contributed by atoms with van der Waals surface area (Å²) in [5, 5.41) is 46.7. The molecule has 2 bridgehead atoms. The van der Waals surface area contributed by atoms with Crippen LogP contribution in [0, 0.1) is 55.7 Å². The highest BCUT2D eigenvalue weighted by Gasteiger charge is 2.86. The van der Waals surface area contributed by atoms with Crippen molar-refractivity contribution in [1.82, 2.24) is 0 Å². The fraction of sp³-hybridized carbons (Fsp3) is 0.914. The van der Waals surface area contributed by atoms with E-state index in [9.17, 15) is 25.2 Å². The molecule has 6 heteroatoms. The molecule has 0 radical (unpaired) electrons. The third-order valence-electron chi connectivity index (χ3n) is 16.4. The second-order valence-electron chi connectivity index (χ2n) is 17.3. The minimum absolute atomic E-state index is 0.0160. The van der Waals surface area contributed by atoms with Crippen LogP contribution in [0.3, 0.4) is 0 Å². The lowest BCUT2D eigenvalue weighted by Crippen LogP contribution is -2.80. The lowest BCUT2D eigenvalue weighted by molar-refractivity contribution is -0.360. The summed E-state index contributed by atoms with van der Waals surface area (Å²) in [6.45, 7) is 11.9. The van der Waals surface area contributed by atoms with E-state index in [0.717, 1.165) is 77.0 Å². The van der Waals surface area contributed by atoms with Crippen LogP contribution < -0.4 is 0 Å². The van der Waals surface area contributed by atoms with Crippen LogP contribution in [0.2, 0.25) is 0 Å². The van der Waals surface area contributed by atoms with Gasteiger partial charge in [0.1, 0.15) is 0 Å². The number of rotatable bonds is 4. The summed E-state index contributed by atoms with van der Waals surface area (Å²) in [4.78, 5) is 12.5. The number of carboxylic acid groups (broad SMARTS) is 1. The van der Waals surface area contributed by atoms with Gasteiger partial charge in [-0.1, -0.05) is 46.3 Å². The molecule has 1 saturated heterocycles. The van der Waals surface area contributed by atoms with Gasteiger partial charge in [0.05, 0.1) is 24.2 Å². The van der Waals surface area contributed by atoms with E-state index in [1.807, 2.05) is 13.0 Å². The average Bonchev–Trinajstić information content (AvgIpc) is 3.12. The van der Waals surface area contributed by atoms with Crippen LogP contribution in [0.4, 0.5) is 0 Å². The molecule has 7 aliphatic rings. The first kappa shape index (κ1) is 28.8. The predicted molar refractivity (Wildman–Crippen MR) is 156 cm³/mol. The molecule has 1 heterocycles. The molecular weight excluding hydrogens is 516 g/mol. The van der Waals surface area contributed by atoms with Crippen LogP contribution in [-0.4, -0.2) is 51.0 Å². The number of aliphatic hydroxyl groups excluding tert-OH is 1. The highest BCUT2D eigenvalue weighted by molar-refractivity contribution is 5.74. The van der Waals surface area contributed by atoms with Gasteiger partial charge in [0, 0.05) is 23.2 Å². The van der Waals surface area contributed by atoms with Crippen molar-refractivity contribution in [3.05, 3.63) is 12.2 Å². The highest BCUT2D eigenvalue weighted by Crippen LogP contribution is 2.85. The highest BCUT2D eigenvalue weighted by atomic mass is 16.6. The maximum atomic E-state index is 12.8. The van der Waals surface area contributed by atoms with E-state index in [1.165, 1.54) is 0 Å². The number of aliphatic carboxylic acids is 1. The van der Waals surface area contributed by atoms with E-state index < -0.39 is 33.6 Å². The number of carbonyl (C=O) groups is 1. The van der Waals surface area contributed by atoms with E-state index in [-0.39, 0.29) is 40.6 Å². The monoisotopic (exact) mass is 570 g/mol. The molecule has 41 heavy (non-hydrogen) atoms. The maximum absolute atomic E-state index is 12.8. The smallest absolute Gasteiger partial charge is 0.309 e. The SMILES string of the molecule is CCC[C@@H]1[C@]23CC[C@H]4[C@@]5(CC=C[C@@](O)(C[C@]1(O)OC2)[C@]35CO)CC[C@@]1(C)[C@@H]2C[C@](C)(C(=O)O)CC[C@]2(C)CC[C@]41C. The largest absolute Gasteiger partial charge is 0.481 e. The van der Waals surface area contributed by atoms with Crippen molar-refractivity contribution in [3.63, 3.8) is 0 Å². The summed E-state index contributed by atoms with van der Waals surface area (Å²) >= 11 is 0. The number of allylic oxidation sites excluding steroid dienone is 1. The number of carboxylic acids is 1. The normalized spacial score (nSPS) is 60.4. The summed E-state index contributed by atoms with van der Waals surface area (Å²) in [7, 11) is 0. The molecule has 0 aromatic carbocycles. The molecule has 230 valence electrons. The molecule has 4 N–H and O–H groups in total. The Morgan fingerprint density at radius 1 is 0.927 bits per heavy atom. The average molecular weight is 571 g/mol. The Balaban J connectivity index is 1.39. The van der Waals surface area contributed by atoms with E-state index in [4.69, 9.17) is 4.74 Å². The van der Waals surface area contributed by atoms with Gasteiger partial charge in [-0.05, 0) is 111 Å². The van der Waals surface area contributed by atoms with Crippen LogP contribution in [0.25, 0.3) is 0 Å². The van der Waals surface area contributed by atoms with E-state index in [2.05, 4.69) is 33.8 Å². The summed E-state index contributed by atoms with van der Waals surface area (Å²) in [5.41, 5.74) is -3.45. The number of fused-ring (bicyclic) bond motifs is 5. The quantitative estimate of drug-likeness (QED) is 0.306. The Labute approximate surface area is 246 Å². The Bertz CT molecular complexity index is 1190. The fourth-order valence-corrected chi connectivity index (χ4v) is 14.2. The van der Waals surface area contributed by atoms with Gasteiger partial charge >= 0.3 is 5.97 Å². The van der Waals surface area contributed by atoms with Crippen molar-refractivity contribution in [2.24, 2.45) is 55.7 Å². The van der Waals surface area contributed by atoms with Gasteiger partial charge in [0.25, 0.3) is 0 Å². The summed E-state index contributed by atoms with van der Waals surface area (Å²) < 4.78 is 6.34. The standard InChI is InChI=1S/C35H54O6/c1-6-8-24-32-12-9-23-29(4)16-15-27(2)13-14-28(3,26(37)38)19-25(27)30(29,5)17-18-31(23)10-7-11-33(39,35(31,32)21-36)20-34(24,40)41-22-32/h7,11,23-25,36,39-40H,6,8-10,12-22H2,1-5H3,(H,37,38)/t23-,24-,25-,27-,28-,29-,30+,31-,32+,33-,34+,35+/m1/s1. The van der Waals surface area contributed by atoms with Crippen LogP contribution >= 0.6 is 0 Å². The van der Waals surface area contributed by atoms with Crippen LogP contribution in [0.5, 0.6) is 0 Å². The lowest BCUT2D eigenvalue weighted by Gasteiger charge is -2.80. The Morgan fingerprint density at radius 2 is 1.61 bits per heavy atom. The van der Waals surface area contributed by atoms with Gasteiger partial charge in [0.15, 0.2) is 5.79 Å². The van der Waals surface area contributed by atoms with Gasteiger partial charge in [-0.2, -0.15) is 0 Å². The molecule has 0 amide bonds. The van der Waals surface area contributed by atoms with Crippen LogP contribution in [0.1, 0.15) is 118 Å². The molecular formula is C35H54O6. The summed E-state index contributed by atoms with van der Waals surface area (Å²) in [6, 6.07) is 0. The number of aliphatic hydroxyl groups is 3. The number of ether oxygens (including phenoxy) is 1. The van der Waals surface area contributed by atoms with Gasteiger partial charge in [-0.25, -0.2) is 0 Å². The Hall–Kier alpha value is -0.950. The third-order valence-corrected chi connectivity index (χ3v) is 16.4. The molecule has 6 aliphatic carbocycles. The summed E-state index contributed by atoms with van der Waals surface area (Å²) in [6.07, 6.45) is 15.3. The first-order valence-corrected chi connectivity index (χ1v) is 16.7. The Kier molecular flexibility index (Phi) is 5.76. The molecule has 2 spiro atoms.